The first-order valence-electron chi connectivity index (χ1n) is 7.90. The highest BCUT2D eigenvalue weighted by Crippen LogP contribution is 2.25. The molecule has 0 amide bonds. The molecule has 1 heterocycles. The van der Waals surface area contributed by atoms with Crippen molar-refractivity contribution in [2.45, 2.75) is 38.7 Å². The molecule has 2 N–H and O–H groups in total. The first-order chi connectivity index (χ1) is 10.4. The van der Waals surface area contributed by atoms with Crippen molar-refractivity contribution in [1.82, 2.24) is 10.2 Å². The minimum atomic E-state index is -0.233. The van der Waals surface area contributed by atoms with Crippen molar-refractivity contribution in [2.75, 3.05) is 26.2 Å². The lowest BCUT2D eigenvalue weighted by atomic mass is 9.85. The zero-order valence-electron chi connectivity index (χ0n) is 14.1. The van der Waals surface area contributed by atoms with Gasteiger partial charge in [0.25, 0.3) is 0 Å². The van der Waals surface area contributed by atoms with Crippen LogP contribution in [-0.2, 0) is 5.41 Å². The van der Waals surface area contributed by atoms with Crippen molar-refractivity contribution in [3.05, 3.63) is 34.3 Å². The lowest BCUT2D eigenvalue weighted by molar-refractivity contribution is 0.187. The van der Waals surface area contributed by atoms with Gasteiger partial charge in [-0.05, 0) is 31.0 Å². The van der Waals surface area contributed by atoms with Gasteiger partial charge in [0.05, 0.1) is 12.6 Å². The molecule has 0 unspecified atom stereocenters. The first-order valence-corrected chi connectivity index (χ1v) is 8.69. The van der Waals surface area contributed by atoms with Crippen LogP contribution in [0.3, 0.4) is 0 Å². The van der Waals surface area contributed by atoms with Gasteiger partial charge in [0.2, 0.25) is 0 Å². The number of nitrogens with zero attached hydrogens (tertiary/aromatic N) is 2. The maximum absolute atomic E-state index is 9.72. The summed E-state index contributed by atoms with van der Waals surface area (Å²) in [6.07, 6.45) is 0.587. The van der Waals surface area contributed by atoms with Crippen LogP contribution < -0.4 is 5.32 Å². The van der Waals surface area contributed by atoms with Crippen LogP contribution in [0.25, 0.3) is 0 Å². The zero-order chi connectivity index (χ0) is 16.2. The van der Waals surface area contributed by atoms with Crippen LogP contribution in [0.2, 0.25) is 0 Å². The van der Waals surface area contributed by atoms with E-state index in [1.54, 1.807) is 0 Å². The Balaban J connectivity index is 0.00000264. The molecule has 1 aliphatic rings. The molecule has 130 valence electrons. The monoisotopic (exact) mass is 495 g/mol. The smallest absolute Gasteiger partial charge is 0.194 e. The minimum absolute atomic E-state index is 0. The third kappa shape index (κ3) is 5.90. The summed E-state index contributed by atoms with van der Waals surface area (Å²) in [5, 5.41) is 13.1. The number of hydrogen-bond donors (Lipinski definition) is 2. The molecule has 1 fully saturated rings. The van der Waals surface area contributed by atoms with Crippen molar-refractivity contribution < 1.29 is 5.11 Å². The summed E-state index contributed by atoms with van der Waals surface area (Å²) in [4.78, 5) is 6.95. The summed E-state index contributed by atoms with van der Waals surface area (Å²) in [5.41, 5.74) is 1.25. The van der Waals surface area contributed by atoms with Crippen LogP contribution in [0.5, 0.6) is 0 Å². The molecule has 0 aliphatic carbocycles. The van der Waals surface area contributed by atoms with E-state index < -0.39 is 0 Å². The maximum atomic E-state index is 9.72. The predicted octanol–water partition coefficient (Wildman–Crippen LogP) is 3.38. The summed E-state index contributed by atoms with van der Waals surface area (Å²) in [6.45, 7) is 9.58. The summed E-state index contributed by atoms with van der Waals surface area (Å²) < 4.78 is 1.09. The highest BCUT2D eigenvalue weighted by Gasteiger charge is 2.25. The molecule has 1 aliphatic heterocycles. The van der Waals surface area contributed by atoms with E-state index in [1.165, 1.54) is 5.56 Å². The Morgan fingerprint density at radius 1 is 1.39 bits per heavy atom. The van der Waals surface area contributed by atoms with Crippen molar-refractivity contribution in [2.24, 2.45) is 4.99 Å². The van der Waals surface area contributed by atoms with E-state index in [1.807, 2.05) is 0 Å². The second kappa shape index (κ2) is 9.22. The molecular formula is C17H27BrIN3O. The molecule has 0 radical (unpaired) electrons. The fraction of sp³-hybridized carbons (Fsp3) is 0.588. The van der Waals surface area contributed by atoms with Gasteiger partial charge in [0.15, 0.2) is 5.96 Å². The van der Waals surface area contributed by atoms with E-state index in [0.717, 1.165) is 29.9 Å². The Labute approximate surface area is 164 Å². The Morgan fingerprint density at radius 2 is 2.04 bits per heavy atom. The van der Waals surface area contributed by atoms with E-state index in [9.17, 15) is 5.11 Å². The molecule has 1 aromatic rings. The second-order valence-corrected chi connectivity index (χ2v) is 7.37. The number of aliphatic hydroxyl groups is 1. The molecule has 23 heavy (non-hydrogen) atoms. The fourth-order valence-electron chi connectivity index (χ4n) is 2.62. The van der Waals surface area contributed by atoms with E-state index in [-0.39, 0.29) is 35.5 Å². The molecule has 4 nitrogen and oxygen atoms in total. The summed E-state index contributed by atoms with van der Waals surface area (Å²) in [6, 6.07) is 8.43. The highest BCUT2D eigenvalue weighted by molar-refractivity contribution is 14.0. The lowest BCUT2D eigenvalue weighted by Crippen LogP contribution is -2.41. The molecule has 2 rings (SSSR count). The SMILES string of the molecule is CCNC(=NCC(C)(C)c1ccc(Br)cc1)N1CC[C@@H](O)C1.I. The largest absolute Gasteiger partial charge is 0.391 e. The van der Waals surface area contributed by atoms with Gasteiger partial charge >= 0.3 is 0 Å². The normalized spacial score (nSPS) is 18.7. The molecule has 0 saturated carbocycles. The summed E-state index contributed by atoms with van der Waals surface area (Å²) in [7, 11) is 0. The third-order valence-corrected chi connectivity index (χ3v) is 4.58. The summed E-state index contributed by atoms with van der Waals surface area (Å²) >= 11 is 3.48. The predicted molar refractivity (Wildman–Crippen MR) is 111 cm³/mol. The van der Waals surface area contributed by atoms with E-state index in [0.29, 0.717) is 13.1 Å². The third-order valence-electron chi connectivity index (χ3n) is 4.05. The van der Waals surface area contributed by atoms with Crippen LogP contribution in [0.4, 0.5) is 0 Å². The number of rotatable bonds is 4. The Kier molecular flexibility index (Phi) is 8.30. The van der Waals surface area contributed by atoms with Crippen LogP contribution in [-0.4, -0.2) is 48.2 Å². The highest BCUT2D eigenvalue weighted by atomic mass is 127. The number of aliphatic imine (C=N–C) groups is 1. The van der Waals surface area contributed by atoms with E-state index in [4.69, 9.17) is 4.99 Å². The molecule has 1 saturated heterocycles. The number of benzene rings is 1. The van der Waals surface area contributed by atoms with Crippen LogP contribution >= 0.6 is 39.9 Å². The standard InChI is InChI=1S/C17H26BrN3O.HI/c1-4-19-16(21-10-9-15(22)11-21)20-12-17(2,3)13-5-7-14(18)8-6-13;/h5-8,15,22H,4,9-12H2,1-3H3,(H,19,20);1H/t15-;/m1./s1. The minimum Gasteiger partial charge on any atom is -0.391 e. The van der Waals surface area contributed by atoms with Gasteiger partial charge < -0.3 is 15.3 Å². The number of halogens is 2. The van der Waals surface area contributed by atoms with Gasteiger partial charge in [-0.3, -0.25) is 4.99 Å². The molecule has 0 aromatic heterocycles. The number of nitrogens with one attached hydrogen (secondary N) is 1. The topological polar surface area (TPSA) is 47.9 Å². The van der Waals surface area contributed by atoms with Gasteiger partial charge in [0, 0.05) is 29.5 Å². The summed E-state index contributed by atoms with van der Waals surface area (Å²) in [5.74, 6) is 0.907. The quantitative estimate of drug-likeness (QED) is 0.382. The molecule has 1 atom stereocenters. The molecular weight excluding hydrogens is 469 g/mol. The first kappa shape index (κ1) is 20.7. The van der Waals surface area contributed by atoms with E-state index in [2.05, 4.69) is 71.2 Å². The lowest BCUT2D eigenvalue weighted by Gasteiger charge is -2.26. The molecule has 0 spiro atoms. The van der Waals surface area contributed by atoms with Gasteiger partial charge in [-0.2, -0.15) is 0 Å². The maximum Gasteiger partial charge on any atom is 0.194 e. The average molecular weight is 496 g/mol. The number of β-amino-alcohol motifs (C(OH)–C–C–N with tert-alkyl or cyclic N) is 1. The Hall–Kier alpha value is -0.340. The zero-order valence-corrected chi connectivity index (χ0v) is 18.0. The molecule has 1 aromatic carbocycles. The Morgan fingerprint density at radius 3 is 2.57 bits per heavy atom. The number of hydrogen-bond acceptors (Lipinski definition) is 2. The van der Waals surface area contributed by atoms with Crippen molar-refractivity contribution in [3.63, 3.8) is 0 Å². The number of guanidine groups is 1. The van der Waals surface area contributed by atoms with Crippen molar-refractivity contribution in [3.8, 4) is 0 Å². The van der Waals surface area contributed by atoms with Crippen LogP contribution in [0, 0.1) is 0 Å². The van der Waals surface area contributed by atoms with Crippen LogP contribution in [0.1, 0.15) is 32.8 Å². The van der Waals surface area contributed by atoms with Gasteiger partial charge in [-0.15, -0.1) is 24.0 Å². The second-order valence-electron chi connectivity index (χ2n) is 6.45. The van der Waals surface area contributed by atoms with Crippen molar-refractivity contribution in [1.29, 1.82) is 0 Å². The van der Waals surface area contributed by atoms with Gasteiger partial charge in [-0.25, -0.2) is 0 Å². The fourth-order valence-corrected chi connectivity index (χ4v) is 2.89. The number of aliphatic hydroxyl groups excluding tert-OH is 1. The van der Waals surface area contributed by atoms with Crippen molar-refractivity contribution >= 4 is 45.9 Å². The average Bonchev–Trinajstić information content (AvgIpc) is 2.90. The van der Waals surface area contributed by atoms with E-state index >= 15 is 0 Å². The van der Waals surface area contributed by atoms with Crippen LogP contribution in [0.15, 0.2) is 33.7 Å². The van der Waals surface area contributed by atoms with Gasteiger partial charge in [0.1, 0.15) is 0 Å². The van der Waals surface area contributed by atoms with Gasteiger partial charge in [-0.1, -0.05) is 41.9 Å². The number of likely N-dealkylation sites (tertiary alicyclic amines) is 1. The molecule has 0 bridgehead atoms. The Bertz CT molecular complexity index is 519. The molecule has 6 heteroatoms.